The maximum atomic E-state index is 6.23. The molecule has 100 valence electrons. The number of ether oxygens (including phenoxy) is 2. The van der Waals surface area contributed by atoms with Crippen LogP contribution < -0.4 is 14.8 Å². The largest absolute Gasteiger partial charge is 0.493 e. The van der Waals surface area contributed by atoms with Crippen LogP contribution in [-0.4, -0.2) is 14.2 Å². The minimum atomic E-state index is 0.628. The first-order chi connectivity index (χ1) is 9.24. The third kappa shape index (κ3) is 3.32. The van der Waals surface area contributed by atoms with Crippen LogP contribution in [0.5, 0.6) is 11.5 Å². The summed E-state index contributed by atoms with van der Waals surface area (Å²) < 4.78 is 10.5. The van der Waals surface area contributed by atoms with E-state index < -0.39 is 0 Å². The van der Waals surface area contributed by atoms with Gasteiger partial charge in [0, 0.05) is 23.3 Å². The third-order valence-corrected chi connectivity index (χ3v) is 3.16. The van der Waals surface area contributed by atoms with Crippen molar-refractivity contribution in [1.29, 1.82) is 0 Å². The van der Waals surface area contributed by atoms with Crippen molar-refractivity contribution in [2.24, 2.45) is 0 Å². The van der Waals surface area contributed by atoms with Gasteiger partial charge in [0.25, 0.3) is 0 Å². The van der Waals surface area contributed by atoms with Crippen LogP contribution in [0.4, 0.5) is 5.69 Å². The van der Waals surface area contributed by atoms with Gasteiger partial charge in [-0.05, 0) is 23.8 Å². The molecule has 0 saturated carbocycles. The van der Waals surface area contributed by atoms with E-state index in [0.717, 1.165) is 11.3 Å². The molecule has 0 aromatic heterocycles. The second-order valence-corrected chi connectivity index (χ2v) is 4.43. The summed E-state index contributed by atoms with van der Waals surface area (Å²) in [6.45, 7) is 0.628. The summed E-state index contributed by atoms with van der Waals surface area (Å²) in [5.41, 5.74) is 2.01. The first kappa shape index (κ1) is 13.6. The Hall–Kier alpha value is -1.87. The molecule has 0 fully saturated rings. The second-order valence-electron chi connectivity index (χ2n) is 4.02. The molecule has 0 unspecified atom stereocenters. The number of halogens is 1. The lowest BCUT2D eigenvalue weighted by molar-refractivity contribution is 0.354. The van der Waals surface area contributed by atoms with Gasteiger partial charge in [-0.3, -0.25) is 0 Å². The zero-order chi connectivity index (χ0) is 13.7. The van der Waals surface area contributed by atoms with Crippen LogP contribution in [0, 0.1) is 0 Å². The van der Waals surface area contributed by atoms with E-state index >= 15 is 0 Å². The molecule has 0 radical (unpaired) electrons. The van der Waals surface area contributed by atoms with Crippen LogP contribution in [0.2, 0.25) is 5.02 Å². The fourth-order valence-electron chi connectivity index (χ4n) is 1.79. The van der Waals surface area contributed by atoms with Crippen molar-refractivity contribution in [3.8, 4) is 11.5 Å². The fraction of sp³-hybridized carbons (Fsp3) is 0.200. The molecule has 0 aliphatic carbocycles. The molecule has 1 N–H and O–H groups in total. The topological polar surface area (TPSA) is 30.5 Å². The minimum Gasteiger partial charge on any atom is -0.493 e. The standard InChI is InChI=1S/C15H16ClNO2/c1-18-14-8-11(13(16)9-15(14)19-2)10-17-12-6-4-3-5-7-12/h3-9,17H,10H2,1-2H3. The van der Waals surface area contributed by atoms with E-state index in [9.17, 15) is 0 Å². The maximum Gasteiger partial charge on any atom is 0.162 e. The van der Waals surface area contributed by atoms with Crippen molar-refractivity contribution >= 4 is 17.3 Å². The second kappa shape index (κ2) is 6.34. The fourth-order valence-corrected chi connectivity index (χ4v) is 2.01. The average Bonchev–Trinajstić information content (AvgIpc) is 2.46. The number of methoxy groups -OCH3 is 2. The van der Waals surface area contributed by atoms with Gasteiger partial charge < -0.3 is 14.8 Å². The third-order valence-electron chi connectivity index (χ3n) is 2.81. The number of rotatable bonds is 5. The van der Waals surface area contributed by atoms with Crippen LogP contribution in [-0.2, 0) is 6.54 Å². The molecule has 0 saturated heterocycles. The molecule has 0 heterocycles. The van der Waals surface area contributed by atoms with E-state index in [1.807, 2.05) is 36.4 Å². The predicted octanol–water partition coefficient (Wildman–Crippen LogP) is 3.97. The predicted molar refractivity (Wildman–Crippen MR) is 78.3 cm³/mol. The number of benzene rings is 2. The highest BCUT2D eigenvalue weighted by Crippen LogP contribution is 2.33. The first-order valence-electron chi connectivity index (χ1n) is 5.94. The van der Waals surface area contributed by atoms with E-state index in [1.165, 1.54) is 0 Å². The minimum absolute atomic E-state index is 0.628. The van der Waals surface area contributed by atoms with E-state index in [4.69, 9.17) is 21.1 Å². The summed E-state index contributed by atoms with van der Waals surface area (Å²) >= 11 is 6.23. The molecule has 0 atom stereocenters. The molecule has 2 rings (SSSR count). The van der Waals surface area contributed by atoms with Crippen molar-refractivity contribution in [2.75, 3.05) is 19.5 Å². The molecule has 3 nitrogen and oxygen atoms in total. The van der Waals surface area contributed by atoms with Gasteiger partial charge in [0.15, 0.2) is 11.5 Å². The Morgan fingerprint density at radius 1 is 1.00 bits per heavy atom. The van der Waals surface area contributed by atoms with E-state index in [1.54, 1.807) is 20.3 Å². The number of anilines is 1. The molecule has 0 aliphatic heterocycles. The molecule has 0 aliphatic rings. The van der Waals surface area contributed by atoms with Crippen LogP contribution in [0.15, 0.2) is 42.5 Å². The quantitative estimate of drug-likeness (QED) is 0.897. The van der Waals surface area contributed by atoms with Gasteiger partial charge in [-0.2, -0.15) is 0 Å². The van der Waals surface area contributed by atoms with E-state index in [2.05, 4.69) is 5.32 Å². The average molecular weight is 278 g/mol. The van der Waals surface area contributed by atoms with Crippen LogP contribution in [0.3, 0.4) is 0 Å². The SMILES string of the molecule is COc1cc(Cl)c(CNc2ccccc2)cc1OC. The Kier molecular flexibility index (Phi) is 4.53. The van der Waals surface area contributed by atoms with Crippen molar-refractivity contribution in [3.05, 3.63) is 53.1 Å². The van der Waals surface area contributed by atoms with Gasteiger partial charge in [0.1, 0.15) is 0 Å². The Bertz CT molecular complexity index is 543. The van der Waals surface area contributed by atoms with Crippen molar-refractivity contribution in [3.63, 3.8) is 0 Å². The summed E-state index contributed by atoms with van der Waals surface area (Å²) in [7, 11) is 3.20. The molecule has 2 aromatic carbocycles. The maximum absolute atomic E-state index is 6.23. The van der Waals surface area contributed by atoms with E-state index in [0.29, 0.717) is 23.1 Å². The Morgan fingerprint density at radius 3 is 2.26 bits per heavy atom. The molecule has 2 aromatic rings. The Balaban J connectivity index is 2.16. The van der Waals surface area contributed by atoms with Gasteiger partial charge in [-0.25, -0.2) is 0 Å². The zero-order valence-corrected chi connectivity index (χ0v) is 11.7. The number of nitrogens with one attached hydrogen (secondary N) is 1. The van der Waals surface area contributed by atoms with Crippen molar-refractivity contribution in [1.82, 2.24) is 0 Å². The summed E-state index contributed by atoms with van der Waals surface area (Å²) in [5, 5.41) is 3.96. The molecule has 19 heavy (non-hydrogen) atoms. The summed E-state index contributed by atoms with van der Waals surface area (Å²) in [5.74, 6) is 1.31. The summed E-state index contributed by atoms with van der Waals surface area (Å²) in [6.07, 6.45) is 0. The monoisotopic (exact) mass is 277 g/mol. The highest BCUT2D eigenvalue weighted by molar-refractivity contribution is 6.31. The van der Waals surface area contributed by atoms with Crippen LogP contribution in [0.1, 0.15) is 5.56 Å². The zero-order valence-electron chi connectivity index (χ0n) is 10.9. The van der Waals surface area contributed by atoms with Crippen molar-refractivity contribution < 1.29 is 9.47 Å². The van der Waals surface area contributed by atoms with Gasteiger partial charge in [0.05, 0.1) is 14.2 Å². The molecule has 0 bridgehead atoms. The first-order valence-corrected chi connectivity index (χ1v) is 6.31. The number of para-hydroxylation sites is 1. The highest BCUT2D eigenvalue weighted by atomic mass is 35.5. The normalized spacial score (nSPS) is 10.1. The lowest BCUT2D eigenvalue weighted by Gasteiger charge is -2.12. The highest BCUT2D eigenvalue weighted by Gasteiger charge is 2.09. The van der Waals surface area contributed by atoms with Gasteiger partial charge >= 0.3 is 0 Å². The molecular formula is C15H16ClNO2. The molecule has 0 amide bonds. The molecule has 0 spiro atoms. The van der Waals surface area contributed by atoms with Gasteiger partial charge in [-0.15, -0.1) is 0 Å². The smallest absolute Gasteiger partial charge is 0.162 e. The Labute approximate surface area is 118 Å². The molecule has 4 heteroatoms. The van der Waals surface area contributed by atoms with Gasteiger partial charge in [-0.1, -0.05) is 29.8 Å². The van der Waals surface area contributed by atoms with Crippen LogP contribution in [0.25, 0.3) is 0 Å². The lowest BCUT2D eigenvalue weighted by atomic mass is 10.2. The number of hydrogen-bond acceptors (Lipinski definition) is 3. The molecular weight excluding hydrogens is 262 g/mol. The van der Waals surface area contributed by atoms with Gasteiger partial charge in [0.2, 0.25) is 0 Å². The van der Waals surface area contributed by atoms with E-state index in [-0.39, 0.29) is 0 Å². The van der Waals surface area contributed by atoms with Crippen molar-refractivity contribution in [2.45, 2.75) is 6.54 Å². The lowest BCUT2D eigenvalue weighted by Crippen LogP contribution is -2.01. The Morgan fingerprint density at radius 2 is 1.63 bits per heavy atom. The summed E-state index contributed by atoms with van der Waals surface area (Å²) in [6, 6.07) is 13.6. The van der Waals surface area contributed by atoms with Crippen LogP contribution >= 0.6 is 11.6 Å². The number of hydrogen-bond donors (Lipinski definition) is 1. The summed E-state index contributed by atoms with van der Waals surface area (Å²) in [4.78, 5) is 0.